The summed E-state index contributed by atoms with van der Waals surface area (Å²) in [5, 5.41) is 3.64. The van der Waals surface area contributed by atoms with Crippen molar-refractivity contribution in [2.75, 3.05) is 26.2 Å². The normalized spacial score (nSPS) is 43.4. The molecule has 0 amide bonds. The number of hydrogen-bond donors (Lipinski definition) is 1. The zero-order chi connectivity index (χ0) is 10.8. The maximum Gasteiger partial charge on any atom is 0.0221 e. The van der Waals surface area contributed by atoms with Gasteiger partial charge in [-0.1, -0.05) is 20.8 Å². The molecule has 0 aromatic carbocycles. The fraction of sp³-hybridized carbons (Fsp3) is 1.00. The number of likely N-dealkylation sites (tertiary alicyclic amines) is 1. The molecule has 0 saturated carbocycles. The highest BCUT2D eigenvalue weighted by atomic mass is 15.2. The van der Waals surface area contributed by atoms with Crippen molar-refractivity contribution in [3.05, 3.63) is 0 Å². The minimum atomic E-state index is 0.752. The molecule has 2 saturated heterocycles. The van der Waals surface area contributed by atoms with Gasteiger partial charge in [-0.15, -0.1) is 0 Å². The summed E-state index contributed by atoms with van der Waals surface area (Å²) in [4.78, 5) is 2.68. The Balaban J connectivity index is 1.83. The van der Waals surface area contributed by atoms with Gasteiger partial charge in [0.05, 0.1) is 0 Å². The van der Waals surface area contributed by atoms with Crippen LogP contribution in [0.4, 0.5) is 0 Å². The van der Waals surface area contributed by atoms with Crippen LogP contribution in [-0.4, -0.2) is 37.1 Å². The first-order valence-corrected chi connectivity index (χ1v) is 6.61. The average molecular weight is 210 g/mol. The molecule has 4 unspecified atom stereocenters. The highest BCUT2D eigenvalue weighted by Crippen LogP contribution is 2.23. The second-order valence-electron chi connectivity index (χ2n) is 5.99. The molecule has 1 N–H and O–H groups in total. The second-order valence-corrected chi connectivity index (χ2v) is 5.99. The largest absolute Gasteiger partial charge is 0.312 e. The molecule has 88 valence electrons. The third-order valence-corrected chi connectivity index (χ3v) is 4.09. The second kappa shape index (κ2) is 4.84. The Morgan fingerprint density at radius 2 is 1.80 bits per heavy atom. The van der Waals surface area contributed by atoms with Crippen molar-refractivity contribution in [3.63, 3.8) is 0 Å². The molecule has 2 aliphatic rings. The number of nitrogens with zero attached hydrogens (tertiary/aromatic N) is 1. The highest BCUT2D eigenvalue weighted by molar-refractivity contribution is 4.85. The quantitative estimate of drug-likeness (QED) is 0.749. The third-order valence-electron chi connectivity index (χ3n) is 4.09. The molecule has 0 aromatic heterocycles. The summed E-state index contributed by atoms with van der Waals surface area (Å²) in [6, 6.07) is 0.752. The van der Waals surface area contributed by atoms with Crippen LogP contribution < -0.4 is 5.32 Å². The number of rotatable bonds is 2. The number of piperidine rings is 1. The van der Waals surface area contributed by atoms with E-state index in [1.807, 2.05) is 0 Å². The van der Waals surface area contributed by atoms with Gasteiger partial charge >= 0.3 is 0 Å². The fourth-order valence-electron chi connectivity index (χ4n) is 3.36. The summed E-state index contributed by atoms with van der Waals surface area (Å²) in [6.07, 6.45) is 2.79. The van der Waals surface area contributed by atoms with Crippen molar-refractivity contribution in [1.29, 1.82) is 0 Å². The first-order valence-electron chi connectivity index (χ1n) is 6.61. The Morgan fingerprint density at radius 1 is 1.13 bits per heavy atom. The summed E-state index contributed by atoms with van der Waals surface area (Å²) in [5.41, 5.74) is 0. The molecule has 2 heteroatoms. The lowest BCUT2D eigenvalue weighted by Gasteiger charge is -2.37. The number of nitrogens with one attached hydrogen (secondary N) is 1. The topological polar surface area (TPSA) is 15.3 Å². The molecule has 2 fully saturated rings. The standard InChI is InChI=1S/C13H26N2/c1-10-6-11(2)8-15(7-10)9-13-12(3)4-5-14-13/h10-14H,4-9H2,1-3H3. The van der Waals surface area contributed by atoms with E-state index in [4.69, 9.17) is 0 Å². The molecule has 2 heterocycles. The number of hydrogen-bond acceptors (Lipinski definition) is 2. The zero-order valence-electron chi connectivity index (χ0n) is 10.5. The van der Waals surface area contributed by atoms with Crippen LogP contribution in [0.5, 0.6) is 0 Å². The van der Waals surface area contributed by atoms with Gasteiger partial charge in [0.2, 0.25) is 0 Å². The van der Waals surface area contributed by atoms with Gasteiger partial charge in [-0.25, -0.2) is 0 Å². The predicted octanol–water partition coefficient (Wildman–Crippen LogP) is 1.96. The molecule has 0 aromatic rings. The SMILES string of the molecule is CC1CC(C)CN(CC2NCCC2C)C1. The van der Waals surface area contributed by atoms with Gasteiger partial charge in [0.15, 0.2) is 0 Å². The van der Waals surface area contributed by atoms with E-state index in [0.717, 1.165) is 23.8 Å². The summed E-state index contributed by atoms with van der Waals surface area (Å²) in [5.74, 6) is 2.66. The van der Waals surface area contributed by atoms with Gasteiger partial charge in [-0.05, 0) is 37.1 Å². The van der Waals surface area contributed by atoms with E-state index in [-0.39, 0.29) is 0 Å². The molecule has 4 atom stereocenters. The van der Waals surface area contributed by atoms with Gasteiger partial charge < -0.3 is 10.2 Å². The van der Waals surface area contributed by atoms with Gasteiger partial charge in [0, 0.05) is 25.7 Å². The fourth-order valence-corrected chi connectivity index (χ4v) is 3.36. The third kappa shape index (κ3) is 2.94. The Labute approximate surface area is 94.4 Å². The summed E-state index contributed by atoms with van der Waals surface area (Å²) >= 11 is 0. The van der Waals surface area contributed by atoms with Crippen molar-refractivity contribution < 1.29 is 0 Å². The molecular weight excluding hydrogens is 184 g/mol. The van der Waals surface area contributed by atoms with Crippen LogP contribution in [0.15, 0.2) is 0 Å². The van der Waals surface area contributed by atoms with Crippen LogP contribution in [0.25, 0.3) is 0 Å². The van der Waals surface area contributed by atoms with Gasteiger partial charge in [0.1, 0.15) is 0 Å². The molecule has 15 heavy (non-hydrogen) atoms. The van der Waals surface area contributed by atoms with Crippen molar-refractivity contribution in [2.45, 2.75) is 39.7 Å². The van der Waals surface area contributed by atoms with E-state index in [1.165, 1.54) is 39.0 Å². The van der Waals surface area contributed by atoms with E-state index in [1.54, 1.807) is 0 Å². The Hall–Kier alpha value is -0.0800. The van der Waals surface area contributed by atoms with Gasteiger partial charge in [-0.3, -0.25) is 0 Å². The molecule has 0 aliphatic carbocycles. The van der Waals surface area contributed by atoms with E-state index in [0.29, 0.717) is 0 Å². The maximum atomic E-state index is 3.64. The molecule has 2 nitrogen and oxygen atoms in total. The Bertz CT molecular complexity index is 195. The van der Waals surface area contributed by atoms with Crippen LogP contribution in [-0.2, 0) is 0 Å². The molecule has 0 radical (unpaired) electrons. The van der Waals surface area contributed by atoms with E-state index >= 15 is 0 Å². The lowest BCUT2D eigenvalue weighted by atomic mass is 9.91. The maximum absolute atomic E-state index is 3.64. The van der Waals surface area contributed by atoms with Crippen molar-refractivity contribution in [1.82, 2.24) is 10.2 Å². The minimum absolute atomic E-state index is 0.752. The van der Waals surface area contributed by atoms with Crippen LogP contribution in [0.2, 0.25) is 0 Å². The van der Waals surface area contributed by atoms with Gasteiger partial charge in [0.25, 0.3) is 0 Å². The van der Waals surface area contributed by atoms with Crippen molar-refractivity contribution >= 4 is 0 Å². The lowest BCUT2D eigenvalue weighted by molar-refractivity contribution is 0.125. The predicted molar refractivity (Wildman–Crippen MR) is 65.0 cm³/mol. The molecular formula is C13H26N2. The first-order chi connectivity index (χ1) is 7.15. The lowest BCUT2D eigenvalue weighted by Crippen LogP contribution is -2.46. The monoisotopic (exact) mass is 210 g/mol. The smallest absolute Gasteiger partial charge is 0.0221 e. The average Bonchev–Trinajstić information content (AvgIpc) is 2.50. The first kappa shape index (κ1) is 11.4. The summed E-state index contributed by atoms with van der Waals surface area (Å²) in [6.45, 7) is 12.3. The molecule has 0 spiro atoms. The summed E-state index contributed by atoms with van der Waals surface area (Å²) < 4.78 is 0. The van der Waals surface area contributed by atoms with Crippen LogP contribution in [0.3, 0.4) is 0 Å². The van der Waals surface area contributed by atoms with Gasteiger partial charge in [-0.2, -0.15) is 0 Å². The Morgan fingerprint density at radius 3 is 2.33 bits per heavy atom. The van der Waals surface area contributed by atoms with Crippen molar-refractivity contribution in [3.8, 4) is 0 Å². The van der Waals surface area contributed by atoms with Crippen LogP contribution >= 0.6 is 0 Å². The zero-order valence-corrected chi connectivity index (χ0v) is 10.5. The van der Waals surface area contributed by atoms with Crippen LogP contribution in [0, 0.1) is 17.8 Å². The molecule has 0 bridgehead atoms. The van der Waals surface area contributed by atoms with E-state index in [9.17, 15) is 0 Å². The minimum Gasteiger partial charge on any atom is -0.312 e. The highest BCUT2D eigenvalue weighted by Gasteiger charge is 2.28. The van der Waals surface area contributed by atoms with Crippen LogP contribution in [0.1, 0.15) is 33.6 Å². The van der Waals surface area contributed by atoms with E-state index in [2.05, 4.69) is 31.0 Å². The Kier molecular flexibility index (Phi) is 3.68. The molecule has 2 aliphatic heterocycles. The van der Waals surface area contributed by atoms with Crippen molar-refractivity contribution in [2.24, 2.45) is 17.8 Å². The molecule has 2 rings (SSSR count). The van der Waals surface area contributed by atoms with E-state index < -0.39 is 0 Å². The summed E-state index contributed by atoms with van der Waals surface area (Å²) in [7, 11) is 0.